The van der Waals surface area contributed by atoms with Gasteiger partial charge in [-0.3, -0.25) is 4.90 Å². The van der Waals surface area contributed by atoms with Gasteiger partial charge in [0, 0.05) is 45.3 Å². The Hall–Kier alpha value is -1.59. The van der Waals surface area contributed by atoms with Gasteiger partial charge >= 0.3 is 6.03 Å². The van der Waals surface area contributed by atoms with Crippen molar-refractivity contribution in [3.8, 4) is 0 Å². The molecule has 5 heteroatoms. The highest BCUT2D eigenvalue weighted by Crippen LogP contribution is 2.21. The number of benzene rings is 1. The van der Waals surface area contributed by atoms with Crippen LogP contribution in [0.25, 0.3) is 0 Å². The van der Waals surface area contributed by atoms with E-state index < -0.39 is 0 Å². The van der Waals surface area contributed by atoms with E-state index in [2.05, 4.69) is 64.6 Å². The van der Waals surface area contributed by atoms with Gasteiger partial charge < -0.3 is 15.5 Å². The number of likely N-dealkylation sites (tertiary alicyclic amines) is 2. The average Bonchev–Trinajstić information content (AvgIpc) is 2.69. The fourth-order valence-corrected chi connectivity index (χ4v) is 4.95. The van der Waals surface area contributed by atoms with Crippen molar-refractivity contribution in [1.29, 1.82) is 0 Å². The van der Waals surface area contributed by atoms with Crippen molar-refractivity contribution in [3.63, 3.8) is 0 Å². The minimum atomic E-state index is 0.00623. The fourth-order valence-electron chi connectivity index (χ4n) is 4.95. The summed E-state index contributed by atoms with van der Waals surface area (Å²) < 4.78 is 0. The van der Waals surface area contributed by atoms with Crippen molar-refractivity contribution in [2.45, 2.75) is 58.5 Å². The van der Waals surface area contributed by atoms with Crippen LogP contribution in [0.2, 0.25) is 0 Å². The van der Waals surface area contributed by atoms with Crippen LogP contribution in [-0.4, -0.2) is 61.1 Å². The van der Waals surface area contributed by atoms with Crippen LogP contribution in [0.3, 0.4) is 0 Å². The third-order valence-corrected chi connectivity index (χ3v) is 6.30. The van der Waals surface area contributed by atoms with E-state index in [9.17, 15) is 4.79 Å². The van der Waals surface area contributed by atoms with Gasteiger partial charge in [0.05, 0.1) is 0 Å². The zero-order chi connectivity index (χ0) is 20.5. The number of piperidine rings is 2. The van der Waals surface area contributed by atoms with Crippen LogP contribution in [-0.2, 0) is 6.54 Å². The van der Waals surface area contributed by atoms with Gasteiger partial charge in [0.25, 0.3) is 0 Å². The molecule has 29 heavy (non-hydrogen) atoms. The molecule has 2 fully saturated rings. The SMILES string of the molecule is CC1CC(C)CN(CCCCNC(=O)NC2CCN(Cc3ccccc3)CC2)C1. The van der Waals surface area contributed by atoms with Gasteiger partial charge in [-0.1, -0.05) is 44.2 Å². The van der Waals surface area contributed by atoms with E-state index in [4.69, 9.17) is 0 Å². The van der Waals surface area contributed by atoms with Crippen LogP contribution < -0.4 is 10.6 Å². The van der Waals surface area contributed by atoms with Crippen molar-refractivity contribution >= 4 is 6.03 Å². The zero-order valence-corrected chi connectivity index (χ0v) is 18.4. The first-order valence-corrected chi connectivity index (χ1v) is 11.6. The molecule has 2 atom stereocenters. The summed E-state index contributed by atoms with van der Waals surface area (Å²) in [6.45, 7) is 12.2. The van der Waals surface area contributed by atoms with Crippen LogP contribution in [0, 0.1) is 11.8 Å². The van der Waals surface area contributed by atoms with E-state index in [0.29, 0.717) is 6.04 Å². The molecule has 0 radical (unpaired) electrons. The van der Waals surface area contributed by atoms with E-state index >= 15 is 0 Å². The Kier molecular flexibility index (Phi) is 8.81. The second-order valence-electron chi connectivity index (χ2n) is 9.35. The molecule has 0 saturated carbocycles. The van der Waals surface area contributed by atoms with Crippen LogP contribution >= 0.6 is 0 Å². The van der Waals surface area contributed by atoms with Crippen molar-refractivity contribution in [2.24, 2.45) is 11.8 Å². The fraction of sp³-hybridized carbons (Fsp3) is 0.708. The second-order valence-corrected chi connectivity index (χ2v) is 9.35. The predicted molar refractivity (Wildman–Crippen MR) is 120 cm³/mol. The molecule has 1 aromatic rings. The number of hydrogen-bond acceptors (Lipinski definition) is 3. The molecule has 2 heterocycles. The van der Waals surface area contributed by atoms with Crippen molar-refractivity contribution < 1.29 is 4.79 Å². The number of carbonyl (C=O) groups is 1. The monoisotopic (exact) mass is 400 g/mol. The number of unbranched alkanes of at least 4 members (excludes halogenated alkanes) is 1. The lowest BCUT2D eigenvalue weighted by atomic mass is 9.92. The number of hydrogen-bond donors (Lipinski definition) is 2. The molecular formula is C24H40N4O. The summed E-state index contributed by atoms with van der Waals surface area (Å²) in [4.78, 5) is 17.3. The van der Waals surface area contributed by atoms with Gasteiger partial charge in [0.15, 0.2) is 0 Å². The molecule has 0 aliphatic carbocycles. The number of carbonyl (C=O) groups excluding carboxylic acids is 1. The maximum Gasteiger partial charge on any atom is 0.315 e. The summed E-state index contributed by atoms with van der Waals surface area (Å²) in [6.07, 6.45) is 5.65. The molecule has 2 saturated heterocycles. The Morgan fingerprint density at radius 2 is 1.69 bits per heavy atom. The quantitative estimate of drug-likeness (QED) is 0.654. The van der Waals surface area contributed by atoms with Gasteiger partial charge in [-0.25, -0.2) is 4.79 Å². The highest BCUT2D eigenvalue weighted by molar-refractivity contribution is 5.74. The topological polar surface area (TPSA) is 47.6 Å². The summed E-state index contributed by atoms with van der Waals surface area (Å²) in [7, 11) is 0. The number of nitrogens with one attached hydrogen (secondary N) is 2. The van der Waals surface area contributed by atoms with Crippen molar-refractivity contribution in [3.05, 3.63) is 35.9 Å². The largest absolute Gasteiger partial charge is 0.338 e. The minimum absolute atomic E-state index is 0.00623. The molecule has 5 nitrogen and oxygen atoms in total. The van der Waals surface area contributed by atoms with Gasteiger partial charge in [-0.15, -0.1) is 0 Å². The Labute approximate surface area is 177 Å². The molecule has 2 amide bonds. The van der Waals surface area contributed by atoms with Gasteiger partial charge in [0.2, 0.25) is 0 Å². The Morgan fingerprint density at radius 3 is 2.38 bits per heavy atom. The second kappa shape index (κ2) is 11.6. The number of rotatable bonds is 8. The van der Waals surface area contributed by atoms with Crippen LogP contribution in [0.15, 0.2) is 30.3 Å². The van der Waals surface area contributed by atoms with Crippen LogP contribution in [0.1, 0.15) is 51.5 Å². The van der Waals surface area contributed by atoms with Crippen LogP contribution in [0.5, 0.6) is 0 Å². The predicted octanol–water partition coefficient (Wildman–Crippen LogP) is 3.71. The third-order valence-electron chi connectivity index (χ3n) is 6.30. The van der Waals surface area contributed by atoms with E-state index in [-0.39, 0.29) is 6.03 Å². The molecule has 0 aromatic heterocycles. The first-order valence-electron chi connectivity index (χ1n) is 11.6. The van der Waals surface area contributed by atoms with Crippen LogP contribution in [0.4, 0.5) is 4.79 Å². The van der Waals surface area contributed by atoms with Crippen molar-refractivity contribution in [2.75, 3.05) is 39.3 Å². The van der Waals surface area contributed by atoms with E-state index in [0.717, 1.165) is 70.2 Å². The Balaban J connectivity index is 1.22. The first kappa shape index (κ1) is 22.1. The number of urea groups is 1. The molecule has 2 aliphatic heterocycles. The summed E-state index contributed by atoms with van der Waals surface area (Å²) in [5.41, 5.74) is 1.37. The normalized spacial score (nSPS) is 24.3. The molecular weight excluding hydrogens is 360 g/mol. The maximum atomic E-state index is 12.2. The Bertz CT molecular complexity index is 590. The molecule has 1 aromatic carbocycles. The molecule has 2 aliphatic rings. The van der Waals surface area contributed by atoms with Gasteiger partial charge in [-0.2, -0.15) is 0 Å². The highest BCUT2D eigenvalue weighted by Gasteiger charge is 2.22. The standard InChI is InChI=1S/C24H40N4O/c1-20-16-21(2)18-28(17-20)13-7-6-12-25-24(29)26-23-10-14-27(15-11-23)19-22-8-4-3-5-9-22/h3-5,8-9,20-21,23H,6-7,10-19H2,1-2H3,(H2,25,26,29). The lowest BCUT2D eigenvalue weighted by Crippen LogP contribution is -2.47. The third kappa shape index (κ3) is 7.98. The maximum absolute atomic E-state index is 12.2. The molecule has 3 rings (SSSR count). The summed E-state index contributed by atoms with van der Waals surface area (Å²) in [5, 5.41) is 6.22. The summed E-state index contributed by atoms with van der Waals surface area (Å²) >= 11 is 0. The van der Waals surface area contributed by atoms with Crippen molar-refractivity contribution in [1.82, 2.24) is 20.4 Å². The van der Waals surface area contributed by atoms with E-state index in [1.54, 1.807) is 0 Å². The lowest BCUT2D eigenvalue weighted by Gasteiger charge is -2.35. The Morgan fingerprint density at radius 1 is 1.00 bits per heavy atom. The van der Waals surface area contributed by atoms with Gasteiger partial charge in [0.1, 0.15) is 0 Å². The molecule has 0 bridgehead atoms. The first-order chi connectivity index (χ1) is 14.1. The van der Waals surface area contributed by atoms with Gasteiger partial charge in [-0.05, 0) is 56.0 Å². The highest BCUT2D eigenvalue weighted by atomic mass is 16.2. The van der Waals surface area contributed by atoms with E-state index in [1.165, 1.54) is 25.1 Å². The molecule has 2 N–H and O–H groups in total. The lowest BCUT2D eigenvalue weighted by molar-refractivity contribution is 0.139. The zero-order valence-electron chi connectivity index (χ0n) is 18.4. The summed E-state index contributed by atoms with van der Waals surface area (Å²) in [6, 6.07) is 10.9. The minimum Gasteiger partial charge on any atom is -0.338 e. The van der Waals surface area contributed by atoms with E-state index in [1.807, 2.05) is 0 Å². The number of nitrogens with zero attached hydrogens (tertiary/aromatic N) is 2. The number of amides is 2. The average molecular weight is 401 g/mol. The molecule has 162 valence electrons. The summed E-state index contributed by atoms with van der Waals surface area (Å²) in [5.74, 6) is 1.64. The molecule has 0 spiro atoms. The molecule has 2 unspecified atom stereocenters. The smallest absolute Gasteiger partial charge is 0.315 e.